The average molecular weight is 277 g/mol. The van der Waals surface area contributed by atoms with Crippen LogP contribution in [0, 0.1) is 11.7 Å². The number of nitrogens with zero attached hydrogens (tertiary/aromatic N) is 1. The largest absolute Gasteiger partial charge is 0.382 e. The monoisotopic (exact) mass is 277 g/mol. The van der Waals surface area contributed by atoms with E-state index in [1.54, 1.807) is 6.07 Å². The third-order valence-corrected chi connectivity index (χ3v) is 4.71. The molecule has 1 heterocycles. The molecule has 2 unspecified atom stereocenters. The van der Waals surface area contributed by atoms with E-state index in [0.29, 0.717) is 18.5 Å². The van der Waals surface area contributed by atoms with Crippen molar-refractivity contribution in [3.8, 4) is 0 Å². The van der Waals surface area contributed by atoms with Gasteiger partial charge in [0.2, 0.25) is 0 Å². The van der Waals surface area contributed by atoms with Crippen molar-refractivity contribution in [1.82, 2.24) is 0 Å². The maximum absolute atomic E-state index is 14.2. The van der Waals surface area contributed by atoms with Gasteiger partial charge in [-0.25, -0.2) is 4.39 Å². The molecule has 2 fully saturated rings. The maximum Gasteiger partial charge on any atom is 0.148 e. The molecule has 1 aromatic rings. The smallest absolute Gasteiger partial charge is 0.148 e. The highest BCUT2D eigenvalue weighted by Crippen LogP contribution is 2.30. The minimum atomic E-state index is -0.112. The first-order chi connectivity index (χ1) is 9.78. The van der Waals surface area contributed by atoms with Crippen LogP contribution in [0.2, 0.25) is 0 Å². The second-order valence-corrected chi connectivity index (χ2v) is 6.04. The Morgan fingerprint density at radius 3 is 2.70 bits per heavy atom. The first-order valence-corrected chi connectivity index (χ1v) is 7.79. The lowest BCUT2D eigenvalue weighted by molar-refractivity contribution is 0.516. The lowest BCUT2D eigenvalue weighted by Gasteiger charge is -2.22. The van der Waals surface area contributed by atoms with Crippen molar-refractivity contribution in [3.63, 3.8) is 0 Å². The molecule has 3 N–H and O–H groups in total. The SMILES string of the molecule is NCC1CCCC1Nc1ccc(N2CCCC2)c(F)c1. The summed E-state index contributed by atoms with van der Waals surface area (Å²) in [4.78, 5) is 2.14. The molecule has 1 aliphatic heterocycles. The normalized spacial score (nSPS) is 26.2. The van der Waals surface area contributed by atoms with Gasteiger partial charge in [0.05, 0.1) is 5.69 Å². The van der Waals surface area contributed by atoms with Crippen LogP contribution in [0.5, 0.6) is 0 Å². The van der Waals surface area contributed by atoms with Gasteiger partial charge in [-0.05, 0) is 56.3 Å². The molecule has 0 radical (unpaired) electrons. The zero-order valence-electron chi connectivity index (χ0n) is 11.9. The number of hydrogen-bond donors (Lipinski definition) is 2. The second kappa shape index (κ2) is 6.00. The first kappa shape index (κ1) is 13.7. The van der Waals surface area contributed by atoms with Gasteiger partial charge in [-0.1, -0.05) is 6.42 Å². The van der Waals surface area contributed by atoms with Crippen LogP contribution in [0.25, 0.3) is 0 Å². The zero-order chi connectivity index (χ0) is 13.9. The fraction of sp³-hybridized carbons (Fsp3) is 0.625. The molecule has 4 heteroatoms. The second-order valence-electron chi connectivity index (χ2n) is 6.04. The van der Waals surface area contributed by atoms with Gasteiger partial charge in [0.25, 0.3) is 0 Å². The van der Waals surface area contributed by atoms with Crippen molar-refractivity contribution in [2.75, 3.05) is 29.9 Å². The topological polar surface area (TPSA) is 41.3 Å². The Labute approximate surface area is 120 Å². The van der Waals surface area contributed by atoms with Crippen LogP contribution >= 0.6 is 0 Å². The van der Waals surface area contributed by atoms with Crippen LogP contribution < -0.4 is 16.0 Å². The zero-order valence-corrected chi connectivity index (χ0v) is 11.9. The fourth-order valence-electron chi connectivity index (χ4n) is 3.53. The van der Waals surface area contributed by atoms with Crippen molar-refractivity contribution < 1.29 is 4.39 Å². The summed E-state index contributed by atoms with van der Waals surface area (Å²) < 4.78 is 14.2. The number of anilines is 2. The summed E-state index contributed by atoms with van der Waals surface area (Å²) in [5.74, 6) is 0.413. The van der Waals surface area contributed by atoms with E-state index >= 15 is 0 Å². The van der Waals surface area contributed by atoms with Crippen LogP contribution in [-0.4, -0.2) is 25.7 Å². The third kappa shape index (κ3) is 2.75. The fourth-order valence-corrected chi connectivity index (χ4v) is 3.53. The highest BCUT2D eigenvalue weighted by molar-refractivity contribution is 5.57. The number of halogens is 1. The number of rotatable bonds is 4. The predicted octanol–water partition coefficient (Wildman–Crippen LogP) is 2.97. The molecule has 0 bridgehead atoms. The summed E-state index contributed by atoms with van der Waals surface area (Å²) in [6, 6.07) is 5.95. The summed E-state index contributed by atoms with van der Waals surface area (Å²) >= 11 is 0. The van der Waals surface area contributed by atoms with E-state index in [4.69, 9.17) is 5.73 Å². The van der Waals surface area contributed by atoms with Gasteiger partial charge in [-0.15, -0.1) is 0 Å². The quantitative estimate of drug-likeness (QED) is 0.889. The molecule has 20 heavy (non-hydrogen) atoms. The molecule has 1 saturated carbocycles. The summed E-state index contributed by atoms with van der Waals surface area (Å²) in [5, 5.41) is 3.46. The Morgan fingerprint density at radius 1 is 1.20 bits per heavy atom. The Hall–Kier alpha value is -1.29. The van der Waals surface area contributed by atoms with E-state index < -0.39 is 0 Å². The molecule has 1 aromatic carbocycles. The van der Waals surface area contributed by atoms with Crippen molar-refractivity contribution in [2.45, 2.75) is 38.1 Å². The highest BCUT2D eigenvalue weighted by atomic mass is 19.1. The minimum absolute atomic E-state index is 0.112. The van der Waals surface area contributed by atoms with Crippen LogP contribution in [0.1, 0.15) is 32.1 Å². The van der Waals surface area contributed by atoms with Crippen molar-refractivity contribution in [1.29, 1.82) is 0 Å². The molecule has 2 atom stereocenters. The maximum atomic E-state index is 14.2. The number of nitrogens with one attached hydrogen (secondary N) is 1. The summed E-state index contributed by atoms with van der Waals surface area (Å²) in [6.45, 7) is 2.66. The molecule has 2 aliphatic rings. The van der Waals surface area contributed by atoms with Gasteiger partial charge in [0.1, 0.15) is 5.82 Å². The number of hydrogen-bond acceptors (Lipinski definition) is 3. The molecular weight excluding hydrogens is 253 g/mol. The van der Waals surface area contributed by atoms with Crippen LogP contribution in [0.3, 0.4) is 0 Å². The molecular formula is C16H24FN3. The molecule has 3 nitrogen and oxygen atoms in total. The minimum Gasteiger partial charge on any atom is -0.382 e. The van der Waals surface area contributed by atoms with Crippen molar-refractivity contribution in [3.05, 3.63) is 24.0 Å². The first-order valence-electron chi connectivity index (χ1n) is 7.79. The van der Waals surface area contributed by atoms with Gasteiger partial charge >= 0.3 is 0 Å². The standard InChI is InChI=1S/C16H24FN3/c17-14-10-13(19-15-5-3-4-12(15)11-18)6-7-16(14)20-8-1-2-9-20/h6-7,10,12,15,19H,1-5,8-9,11,18H2. The average Bonchev–Trinajstić information content (AvgIpc) is 3.09. The molecule has 1 saturated heterocycles. The molecule has 3 rings (SSSR count). The van der Waals surface area contributed by atoms with Gasteiger partial charge in [0, 0.05) is 24.8 Å². The summed E-state index contributed by atoms with van der Waals surface area (Å²) in [5.41, 5.74) is 7.42. The molecule has 0 spiro atoms. The number of nitrogens with two attached hydrogens (primary N) is 1. The Morgan fingerprint density at radius 2 is 2.00 bits per heavy atom. The molecule has 0 aromatic heterocycles. The Kier molecular flexibility index (Phi) is 4.10. The Balaban J connectivity index is 1.70. The molecule has 110 valence electrons. The lowest BCUT2D eigenvalue weighted by Crippen LogP contribution is -2.29. The summed E-state index contributed by atoms with van der Waals surface area (Å²) in [7, 11) is 0. The van der Waals surface area contributed by atoms with Crippen LogP contribution in [0.15, 0.2) is 18.2 Å². The van der Waals surface area contributed by atoms with E-state index in [9.17, 15) is 4.39 Å². The van der Waals surface area contributed by atoms with E-state index in [-0.39, 0.29) is 5.82 Å². The van der Waals surface area contributed by atoms with Crippen molar-refractivity contribution >= 4 is 11.4 Å². The number of benzene rings is 1. The van der Waals surface area contributed by atoms with Crippen molar-refractivity contribution in [2.24, 2.45) is 11.7 Å². The van der Waals surface area contributed by atoms with Crippen LogP contribution in [0.4, 0.5) is 15.8 Å². The molecule has 0 amide bonds. The van der Waals surface area contributed by atoms with E-state index in [1.165, 1.54) is 25.7 Å². The highest BCUT2D eigenvalue weighted by Gasteiger charge is 2.26. The van der Waals surface area contributed by atoms with Gasteiger partial charge in [0.15, 0.2) is 0 Å². The van der Waals surface area contributed by atoms with E-state index in [0.717, 1.165) is 30.9 Å². The van der Waals surface area contributed by atoms with Gasteiger partial charge < -0.3 is 16.0 Å². The third-order valence-electron chi connectivity index (χ3n) is 4.71. The van der Waals surface area contributed by atoms with Crippen LogP contribution in [-0.2, 0) is 0 Å². The van der Waals surface area contributed by atoms with E-state index in [2.05, 4.69) is 10.2 Å². The van der Waals surface area contributed by atoms with Gasteiger partial charge in [-0.2, -0.15) is 0 Å². The lowest BCUT2D eigenvalue weighted by atomic mass is 10.0. The van der Waals surface area contributed by atoms with Gasteiger partial charge in [-0.3, -0.25) is 0 Å². The Bertz CT molecular complexity index is 457. The summed E-state index contributed by atoms with van der Waals surface area (Å²) in [6.07, 6.45) is 5.87. The predicted molar refractivity (Wildman–Crippen MR) is 81.7 cm³/mol. The van der Waals surface area contributed by atoms with E-state index in [1.807, 2.05) is 12.1 Å². The molecule has 1 aliphatic carbocycles.